The van der Waals surface area contributed by atoms with E-state index in [1.807, 2.05) is 47.4 Å². The molecular weight excluding hydrogens is 290 g/mol. The van der Waals surface area contributed by atoms with Crippen molar-refractivity contribution in [2.45, 2.75) is 32.0 Å². The predicted molar refractivity (Wildman–Crippen MR) is 88.5 cm³/mol. The molecule has 3 aromatic heterocycles. The van der Waals surface area contributed by atoms with Gasteiger partial charge in [-0.05, 0) is 36.6 Å². The predicted octanol–water partition coefficient (Wildman–Crippen LogP) is 2.43. The monoisotopic (exact) mass is 309 g/mol. The minimum Gasteiger partial charge on any atom is -0.376 e. The average molecular weight is 309 g/mol. The SMILES string of the molecule is O=c1c2c(ccn1C[C@H]1CCCO1)ccn2Cc1cccnc1. The summed E-state index contributed by atoms with van der Waals surface area (Å²) in [6, 6.07) is 7.93. The first kappa shape index (κ1) is 14.2. The Morgan fingerprint density at radius 3 is 2.83 bits per heavy atom. The number of fused-ring (bicyclic) bond motifs is 1. The zero-order chi connectivity index (χ0) is 15.6. The normalized spacial score (nSPS) is 17.8. The molecule has 5 nitrogen and oxygen atoms in total. The highest BCUT2D eigenvalue weighted by Crippen LogP contribution is 2.16. The summed E-state index contributed by atoms with van der Waals surface area (Å²) in [6.45, 7) is 2.09. The van der Waals surface area contributed by atoms with Crippen molar-refractivity contribution in [3.63, 3.8) is 0 Å². The number of hydrogen-bond donors (Lipinski definition) is 0. The van der Waals surface area contributed by atoms with E-state index in [2.05, 4.69) is 4.98 Å². The van der Waals surface area contributed by atoms with Gasteiger partial charge in [-0.1, -0.05) is 6.07 Å². The quantitative estimate of drug-likeness (QED) is 0.743. The van der Waals surface area contributed by atoms with Crippen LogP contribution in [0.1, 0.15) is 18.4 Å². The van der Waals surface area contributed by atoms with Crippen LogP contribution in [0.5, 0.6) is 0 Å². The Morgan fingerprint density at radius 2 is 2.09 bits per heavy atom. The molecule has 1 saturated heterocycles. The third-order valence-electron chi connectivity index (χ3n) is 4.39. The van der Waals surface area contributed by atoms with Crippen LogP contribution in [0.4, 0.5) is 0 Å². The molecule has 4 rings (SSSR count). The lowest BCUT2D eigenvalue weighted by Gasteiger charge is -2.12. The average Bonchev–Trinajstić information content (AvgIpc) is 3.21. The summed E-state index contributed by atoms with van der Waals surface area (Å²) in [7, 11) is 0. The minimum atomic E-state index is 0.0480. The zero-order valence-corrected chi connectivity index (χ0v) is 12.9. The van der Waals surface area contributed by atoms with Gasteiger partial charge in [0.25, 0.3) is 5.56 Å². The Hall–Kier alpha value is -2.40. The van der Waals surface area contributed by atoms with Crippen molar-refractivity contribution in [1.82, 2.24) is 14.1 Å². The van der Waals surface area contributed by atoms with Gasteiger partial charge in [-0.25, -0.2) is 0 Å². The maximum absolute atomic E-state index is 12.9. The Kier molecular flexibility index (Phi) is 3.71. The molecule has 0 radical (unpaired) electrons. The first-order valence-electron chi connectivity index (χ1n) is 8.00. The van der Waals surface area contributed by atoms with Crippen LogP contribution >= 0.6 is 0 Å². The number of nitrogens with zero attached hydrogens (tertiary/aromatic N) is 3. The second-order valence-corrected chi connectivity index (χ2v) is 6.02. The van der Waals surface area contributed by atoms with Crippen molar-refractivity contribution >= 4 is 10.9 Å². The van der Waals surface area contributed by atoms with E-state index >= 15 is 0 Å². The molecule has 0 unspecified atom stereocenters. The molecule has 1 aliphatic heterocycles. The summed E-state index contributed by atoms with van der Waals surface area (Å²) in [6.07, 6.45) is 9.70. The lowest BCUT2D eigenvalue weighted by Crippen LogP contribution is -2.27. The highest BCUT2D eigenvalue weighted by molar-refractivity contribution is 5.79. The van der Waals surface area contributed by atoms with Crippen molar-refractivity contribution in [3.05, 3.63) is 65.0 Å². The topological polar surface area (TPSA) is 49.0 Å². The molecule has 0 saturated carbocycles. The summed E-state index contributed by atoms with van der Waals surface area (Å²) >= 11 is 0. The van der Waals surface area contributed by atoms with Crippen LogP contribution in [-0.2, 0) is 17.8 Å². The van der Waals surface area contributed by atoms with E-state index in [0.29, 0.717) is 13.1 Å². The van der Waals surface area contributed by atoms with Crippen molar-refractivity contribution in [3.8, 4) is 0 Å². The second-order valence-electron chi connectivity index (χ2n) is 6.02. The molecule has 5 heteroatoms. The van der Waals surface area contributed by atoms with Gasteiger partial charge in [0.05, 0.1) is 12.6 Å². The first-order chi connectivity index (χ1) is 11.3. The number of pyridine rings is 2. The summed E-state index contributed by atoms with van der Waals surface area (Å²) in [5.41, 5.74) is 1.88. The highest BCUT2D eigenvalue weighted by atomic mass is 16.5. The van der Waals surface area contributed by atoms with E-state index in [1.165, 1.54) is 0 Å². The van der Waals surface area contributed by atoms with Crippen molar-refractivity contribution in [2.24, 2.45) is 0 Å². The molecule has 3 aromatic rings. The minimum absolute atomic E-state index is 0.0480. The van der Waals surface area contributed by atoms with Gasteiger partial charge >= 0.3 is 0 Å². The summed E-state index contributed by atoms with van der Waals surface area (Å²) in [5.74, 6) is 0. The van der Waals surface area contributed by atoms with Crippen LogP contribution in [0.25, 0.3) is 10.9 Å². The van der Waals surface area contributed by atoms with Crippen LogP contribution < -0.4 is 5.56 Å². The molecule has 118 valence electrons. The van der Waals surface area contributed by atoms with Crippen LogP contribution in [0.15, 0.2) is 53.8 Å². The van der Waals surface area contributed by atoms with E-state index in [0.717, 1.165) is 35.9 Å². The molecule has 1 aliphatic rings. The second kappa shape index (κ2) is 6.01. The number of rotatable bonds is 4. The van der Waals surface area contributed by atoms with Gasteiger partial charge in [0.2, 0.25) is 0 Å². The third kappa shape index (κ3) is 2.80. The Labute approximate surface area is 134 Å². The fraction of sp³-hybridized carbons (Fsp3) is 0.333. The summed E-state index contributed by atoms with van der Waals surface area (Å²) < 4.78 is 9.43. The lowest BCUT2D eigenvalue weighted by atomic mass is 10.2. The van der Waals surface area contributed by atoms with Gasteiger partial charge in [0.15, 0.2) is 0 Å². The molecule has 0 bridgehead atoms. The van der Waals surface area contributed by atoms with Crippen LogP contribution in [0.3, 0.4) is 0 Å². The van der Waals surface area contributed by atoms with Gasteiger partial charge in [-0.3, -0.25) is 9.78 Å². The van der Waals surface area contributed by atoms with Crippen LogP contribution in [0.2, 0.25) is 0 Å². The standard InChI is InChI=1S/C18H19N3O2/c22-18-17-15(6-9-21(18)13-16-4-2-10-23-16)5-8-20(17)12-14-3-1-7-19-11-14/h1,3,5-9,11,16H,2,4,10,12-13H2/t16-/m1/s1. The van der Waals surface area contributed by atoms with E-state index in [9.17, 15) is 4.79 Å². The molecular formula is C18H19N3O2. The van der Waals surface area contributed by atoms with Crippen LogP contribution in [-0.4, -0.2) is 26.8 Å². The summed E-state index contributed by atoms with van der Waals surface area (Å²) in [4.78, 5) is 17.0. The number of ether oxygens (including phenoxy) is 1. The largest absolute Gasteiger partial charge is 0.376 e. The van der Waals surface area contributed by atoms with Gasteiger partial charge in [0.1, 0.15) is 5.52 Å². The Morgan fingerprint density at radius 1 is 1.22 bits per heavy atom. The maximum Gasteiger partial charge on any atom is 0.275 e. The van der Waals surface area contributed by atoms with E-state index in [4.69, 9.17) is 4.74 Å². The van der Waals surface area contributed by atoms with Gasteiger partial charge in [-0.15, -0.1) is 0 Å². The molecule has 1 fully saturated rings. The van der Waals surface area contributed by atoms with Gasteiger partial charge in [-0.2, -0.15) is 0 Å². The van der Waals surface area contributed by atoms with Gasteiger partial charge < -0.3 is 13.9 Å². The van der Waals surface area contributed by atoms with Crippen molar-refractivity contribution < 1.29 is 4.74 Å². The van der Waals surface area contributed by atoms with E-state index in [1.54, 1.807) is 10.8 Å². The molecule has 0 amide bonds. The zero-order valence-electron chi connectivity index (χ0n) is 12.9. The van der Waals surface area contributed by atoms with Crippen LogP contribution in [0, 0.1) is 0 Å². The number of aromatic nitrogens is 3. The lowest BCUT2D eigenvalue weighted by molar-refractivity contribution is 0.0963. The Balaban J connectivity index is 1.70. The Bertz CT molecular complexity index is 861. The molecule has 0 spiro atoms. The molecule has 23 heavy (non-hydrogen) atoms. The smallest absolute Gasteiger partial charge is 0.275 e. The maximum atomic E-state index is 12.9. The molecule has 0 aliphatic carbocycles. The van der Waals surface area contributed by atoms with Gasteiger partial charge in [0, 0.05) is 43.3 Å². The van der Waals surface area contributed by atoms with Crippen molar-refractivity contribution in [2.75, 3.05) is 6.61 Å². The fourth-order valence-corrected chi connectivity index (χ4v) is 3.22. The fourth-order valence-electron chi connectivity index (χ4n) is 3.22. The van der Waals surface area contributed by atoms with E-state index in [-0.39, 0.29) is 11.7 Å². The summed E-state index contributed by atoms with van der Waals surface area (Å²) in [5, 5.41) is 0.975. The first-order valence-corrected chi connectivity index (χ1v) is 8.00. The molecule has 0 N–H and O–H groups in total. The molecule has 0 aromatic carbocycles. The third-order valence-corrected chi connectivity index (χ3v) is 4.39. The van der Waals surface area contributed by atoms with E-state index < -0.39 is 0 Å². The molecule has 4 heterocycles. The van der Waals surface area contributed by atoms with Crippen molar-refractivity contribution in [1.29, 1.82) is 0 Å². The molecule has 1 atom stereocenters. The number of hydrogen-bond acceptors (Lipinski definition) is 3. The highest BCUT2D eigenvalue weighted by Gasteiger charge is 2.17.